The summed E-state index contributed by atoms with van der Waals surface area (Å²) in [6.07, 6.45) is 1.55. The van der Waals surface area contributed by atoms with Crippen molar-refractivity contribution in [3.63, 3.8) is 0 Å². The molecule has 2 aromatic carbocycles. The second kappa shape index (κ2) is 7.67. The first-order chi connectivity index (χ1) is 10.5. The minimum absolute atomic E-state index is 0.0934. The Morgan fingerprint density at radius 3 is 2.64 bits per heavy atom. The van der Waals surface area contributed by atoms with Gasteiger partial charge in [0.1, 0.15) is 5.75 Å². The monoisotopic (exact) mass is 377 g/mol. The van der Waals surface area contributed by atoms with Crippen LogP contribution in [0.3, 0.4) is 0 Å². The molecule has 22 heavy (non-hydrogen) atoms. The van der Waals surface area contributed by atoms with Gasteiger partial charge in [-0.1, -0.05) is 22.0 Å². The van der Waals surface area contributed by atoms with Crippen molar-refractivity contribution >= 4 is 45.4 Å². The lowest BCUT2D eigenvalue weighted by atomic mass is 10.2. The zero-order valence-electron chi connectivity index (χ0n) is 11.3. The first-order valence-electron chi connectivity index (χ1n) is 6.21. The molecule has 0 amide bonds. The Morgan fingerprint density at radius 2 is 2.00 bits per heavy atom. The molecule has 0 atom stereocenters. The predicted molar refractivity (Wildman–Crippen MR) is 93.1 cm³/mol. The molecule has 0 bridgehead atoms. The van der Waals surface area contributed by atoms with E-state index in [2.05, 4.69) is 38.7 Å². The molecule has 5 nitrogen and oxygen atoms in total. The molecule has 112 valence electrons. The van der Waals surface area contributed by atoms with E-state index in [0.717, 1.165) is 10.0 Å². The van der Waals surface area contributed by atoms with Crippen molar-refractivity contribution in [2.24, 2.45) is 10.8 Å². The largest absolute Gasteiger partial charge is 0.423 e. The second-order valence-corrected chi connectivity index (χ2v) is 5.56. The molecule has 7 heteroatoms. The van der Waals surface area contributed by atoms with Gasteiger partial charge in [0.15, 0.2) is 5.11 Å². The van der Waals surface area contributed by atoms with E-state index < -0.39 is 5.97 Å². The topological polar surface area (TPSA) is 76.7 Å². The summed E-state index contributed by atoms with van der Waals surface area (Å²) in [7, 11) is 0. The number of ether oxygens (including phenoxy) is 1. The van der Waals surface area contributed by atoms with Crippen LogP contribution in [0, 0.1) is 0 Å². The van der Waals surface area contributed by atoms with Crippen LogP contribution in [0.1, 0.15) is 15.9 Å². The summed E-state index contributed by atoms with van der Waals surface area (Å²) in [4.78, 5) is 12.0. The quantitative estimate of drug-likeness (QED) is 0.281. The van der Waals surface area contributed by atoms with Crippen LogP contribution in [0.2, 0.25) is 0 Å². The Hall–Kier alpha value is -2.25. The van der Waals surface area contributed by atoms with Crippen LogP contribution in [-0.4, -0.2) is 17.3 Å². The Balaban J connectivity index is 2.00. The fraction of sp³-hybridized carbons (Fsp3) is 0. The van der Waals surface area contributed by atoms with Gasteiger partial charge in [0.05, 0.1) is 11.8 Å². The maximum Gasteiger partial charge on any atom is 0.343 e. The van der Waals surface area contributed by atoms with Crippen LogP contribution in [0.15, 0.2) is 58.1 Å². The van der Waals surface area contributed by atoms with Crippen LogP contribution in [0.4, 0.5) is 0 Å². The standard InChI is InChI=1S/C15H12BrN3O2S/c16-12-3-1-2-11(8-12)14(20)21-13-6-4-10(5-7-13)9-18-19-15(17)22/h1-9H,(H3,17,19,22)/b18-9+. The normalized spacial score (nSPS) is 10.4. The van der Waals surface area contributed by atoms with Crippen molar-refractivity contribution in [3.8, 4) is 5.75 Å². The number of esters is 1. The van der Waals surface area contributed by atoms with Gasteiger partial charge in [-0.05, 0) is 60.2 Å². The molecule has 2 aromatic rings. The van der Waals surface area contributed by atoms with E-state index in [1.54, 1.807) is 48.7 Å². The molecular weight excluding hydrogens is 366 g/mol. The minimum atomic E-state index is -0.419. The molecule has 0 radical (unpaired) electrons. The van der Waals surface area contributed by atoms with E-state index in [4.69, 9.17) is 10.5 Å². The van der Waals surface area contributed by atoms with Crippen molar-refractivity contribution in [3.05, 3.63) is 64.1 Å². The van der Waals surface area contributed by atoms with E-state index in [9.17, 15) is 4.79 Å². The predicted octanol–water partition coefficient (Wildman–Crippen LogP) is 2.84. The Labute approximate surface area is 141 Å². The summed E-state index contributed by atoms with van der Waals surface area (Å²) in [5.41, 5.74) is 8.99. The number of benzene rings is 2. The molecule has 3 N–H and O–H groups in total. The van der Waals surface area contributed by atoms with Gasteiger partial charge in [-0.3, -0.25) is 5.43 Å². The summed E-state index contributed by atoms with van der Waals surface area (Å²) in [5, 5.41) is 3.93. The maximum atomic E-state index is 12.0. The molecule has 0 fully saturated rings. The van der Waals surface area contributed by atoms with Gasteiger partial charge in [0, 0.05) is 4.47 Å². The van der Waals surface area contributed by atoms with Gasteiger partial charge in [-0.25, -0.2) is 4.79 Å². The summed E-state index contributed by atoms with van der Waals surface area (Å²) < 4.78 is 6.11. The van der Waals surface area contributed by atoms with Crippen molar-refractivity contribution in [1.82, 2.24) is 5.43 Å². The molecule has 0 unspecified atom stereocenters. The van der Waals surface area contributed by atoms with Gasteiger partial charge in [0.2, 0.25) is 0 Å². The van der Waals surface area contributed by atoms with Crippen LogP contribution >= 0.6 is 28.1 Å². The van der Waals surface area contributed by atoms with Crippen LogP contribution in [-0.2, 0) is 0 Å². The van der Waals surface area contributed by atoms with Crippen LogP contribution in [0.5, 0.6) is 5.75 Å². The Morgan fingerprint density at radius 1 is 1.27 bits per heavy atom. The van der Waals surface area contributed by atoms with Gasteiger partial charge in [0.25, 0.3) is 0 Å². The Bertz CT molecular complexity index is 717. The average Bonchev–Trinajstić information content (AvgIpc) is 2.48. The smallest absolute Gasteiger partial charge is 0.343 e. The third-order valence-corrected chi connectivity index (χ3v) is 3.12. The number of nitrogens with two attached hydrogens (primary N) is 1. The number of nitrogens with zero attached hydrogens (tertiary/aromatic N) is 1. The van der Waals surface area contributed by atoms with Gasteiger partial charge in [-0.2, -0.15) is 5.10 Å². The van der Waals surface area contributed by atoms with E-state index in [-0.39, 0.29) is 5.11 Å². The fourth-order valence-electron chi connectivity index (χ4n) is 1.57. The first-order valence-corrected chi connectivity index (χ1v) is 7.41. The average molecular weight is 378 g/mol. The summed E-state index contributed by atoms with van der Waals surface area (Å²) in [6, 6.07) is 13.9. The Kier molecular flexibility index (Phi) is 5.62. The molecule has 0 saturated carbocycles. The molecule has 0 aliphatic carbocycles. The van der Waals surface area contributed by atoms with Crippen molar-refractivity contribution < 1.29 is 9.53 Å². The number of thiocarbonyl (C=S) groups is 1. The van der Waals surface area contributed by atoms with Gasteiger partial charge in [-0.15, -0.1) is 0 Å². The van der Waals surface area contributed by atoms with E-state index >= 15 is 0 Å². The maximum absolute atomic E-state index is 12.0. The highest BCUT2D eigenvalue weighted by atomic mass is 79.9. The lowest BCUT2D eigenvalue weighted by Gasteiger charge is -2.05. The summed E-state index contributed by atoms with van der Waals surface area (Å²) >= 11 is 7.94. The number of nitrogens with one attached hydrogen (secondary N) is 1. The molecule has 0 spiro atoms. The lowest BCUT2D eigenvalue weighted by molar-refractivity contribution is 0.0734. The number of hydrogen-bond acceptors (Lipinski definition) is 4. The molecule has 0 aromatic heterocycles. The van der Waals surface area contributed by atoms with E-state index in [1.807, 2.05) is 6.07 Å². The van der Waals surface area contributed by atoms with Crippen molar-refractivity contribution in [1.29, 1.82) is 0 Å². The van der Waals surface area contributed by atoms with Gasteiger partial charge < -0.3 is 10.5 Å². The lowest BCUT2D eigenvalue weighted by Crippen LogP contribution is -2.23. The SMILES string of the molecule is NC(=S)N/N=C/c1ccc(OC(=O)c2cccc(Br)c2)cc1. The number of rotatable bonds is 4. The molecule has 0 heterocycles. The second-order valence-electron chi connectivity index (χ2n) is 4.20. The summed E-state index contributed by atoms with van der Waals surface area (Å²) in [5.74, 6) is 0.0299. The van der Waals surface area contributed by atoms with Gasteiger partial charge >= 0.3 is 5.97 Å². The van der Waals surface area contributed by atoms with Crippen molar-refractivity contribution in [2.45, 2.75) is 0 Å². The van der Waals surface area contributed by atoms with Crippen LogP contribution in [0.25, 0.3) is 0 Å². The number of halogens is 1. The third-order valence-electron chi connectivity index (χ3n) is 2.54. The summed E-state index contributed by atoms with van der Waals surface area (Å²) in [6.45, 7) is 0. The highest BCUT2D eigenvalue weighted by Crippen LogP contribution is 2.16. The minimum Gasteiger partial charge on any atom is -0.423 e. The third kappa shape index (κ3) is 4.94. The van der Waals surface area contributed by atoms with E-state index in [0.29, 0.717) is 11.3 Å². The van der Waals surface area contributed by atoms with Crippen molar-refractivity contribution in [2.75, 3.05) is 0 Å². The first kappa shape index (κ1) is 16.1. The highest BCUT2D eigenvalue weighted by molar-refractivity contribution is 9.10. The number of carbonyl (C=O) groups is 1. The number of hydrazone groups is 1. The molecular formula is C15H12BrN3O2S. The number of hydrogen-bond donors (Lipinski definition) is 2. The zero-order valence-corrected chi connectivity index (χ0v) is 13.7. The fourth-order valence-corrected chi connectivity index (χ4v) is 2.03. The van der Waals surface area contributed by atoms with Crippen LogP contribution < -0.4 is 15.9 Å². The molecule has 0 aliphatic rings. The highest BCUT2D eigenvalue weighted by Gasteiger charge is 2.08. The molecule has 2 rings (SSSR count). The number of carbonyl (C=O) groups excluding carboxylic acids is 1. The molecule has 0 aliphatic heterocycles. The molecule has 0 saturated heterocycles. The zero-order chi connectivity index (χ0) is 15.9. The van der Waals surface area contributed by atoms with E-state index in [1.165, 1.54) is 0 Å².